The first-order chi connectivity index (χ1) is 10.2. The molecule has 2 heterocycles. The Bertz CT molecular complexity index is 539. The number of hydrogen-bond donors (Lipinski definition) is 1. The molecule has 114 valence electrons. The number of nitrogens with zero attached hydrogens (tertiary/aromatic N) is 2. The van der Waals surface area contributed by atoms with Crippen molar-refractivity contribution in [2.75, 3.05) is 13.1 Å². The zero-order valence-electron chi connectivity index (χ0n) is 12.3. The van der Waals surface area contributed by atoms with Gasteiger partial charge in [-0.25, -0.2) is 4.98 Å². The van der Waals surface area contributed by atoms with Gasteiger partial charge < -0.3 is 10.2 Å². The van der Waals surface area contributed by atoms with Crippen LogP contribution in [-0.2, 0) is 22.4 Å². The summed E-state index contributed by atoms with van der Waals surface area (Å²) in [6.45, 7) is 3.29. The van der Waals surface area contributed by atoms with Gasteiger partial charge in [0.2, 0.25) is 11.8 Å². The molecule has 0 aromatic carbocycles. The predicted octanol–water partition coefficient (Wildman–Crippen LogP) is 1.38. The Morgan fingerprint density at radius 3 is 3.00 bits per heavy atom. The van der Waals surface area contributed by atoms with Crippen molar-refractivity contribution in [1.82, 2.24) is 15.2 Å². The van der Waals surface area contributed by atoms with E-state index in [9.17, 15) is 9.59 Å². The molecule has 1 aliphatic heterocycles. The highest BCUT2D eigenvalue weighted by molar-refractivity contribution is 7.09. The molecule has 1 aliphatic carbocycles. The summed E-state index contributed by atoms with van der Waals surface area (Å²) >= 11 is 1.65. The lowest BCUT2D eigenvalue weighted by molar-refractivity contribution is -0.129. The Morgan fingerprint density at radius 1 is 1.52 bits per heavy atom. The van der Waals surface area contributed by atoms with Gasteiger partial charge in [0.1, 0.15) is 0 Å². The Balaban J connectivity index is 1.43. The smallest absolute Gasteiger partial charge is 0.225 e. The Kier molecular flexibility index (Phi) is 4.24. The lowest BCUT2D eigenvalue weighted by atomic mass is 10.1. The lowest BCUT2D eigenvalue weighted by Crippen LogP contribution is -2.34. The maximum atomic E-state index is 12.1. The standard InChI is InChI=1S/C15H21N3O2S/c1-2-11-9-21-13(17-11)5-6-16-15(20)10-7-14(19)18(8-10)12-3-4-12/h9-10,12H,2-8H2,1H3,(H,16,20). The van der Waals surface area contributed by atoms with Crippen LogP contribution in [-0.4, -0.2) is 40.8 Å². The number of rotatable bonds is 6. The number of thiazole rings is 1. The molecular formula is C15H21N3O2S. The van der Waals surface area contributed by atoms with Gasteiger partial charge in [-0.05, 0) is 19.3 Å². The van der Waals surface area contributed by atoms with E-state index in [4.69, 9.17) is 0 Å². The number of aryl methyl sites for hydroxylation is 1. The SMILES string of the molecule is CCc1csc(CCNC(=O)C2CC(=O)N(C3CC3)C2)n1. The van der Waals surface area contributed by atoms with Gasteiger partial charge in [-0.15, -0.1) is 11.3 Å². The number of hydrogen-bond acceptors (Lipinski definition) is 4. The quantitative estimate of drug-likeness (QED) is 0.863. The molecule has 1 saturated carbocycles. The van der Waals surface area contributed by atoms with Gasteiger partial charge in [0.05, 0.1) is 16.6 Å². The van der Waals surface area contributed by atoms with Crippen LogP contribution in [0.15, 0.2) is 5.38 Å². The van der Waals surface area contributed by atoms with Gasteiger partial charge in [-0.1, -0.05) is 6.92 Å². The summed E-state index contributed by atoms with van der Waals surface area (Å²) in [7, 11) is 0. The minimum absolute atomic E-state index is 0.0128. The van der Waals surface area contributed by atoms with Crippen molar-refractivity contribution in [2.45, 2.75) is 45.1 Å². The van der Waals surface area contributed by atoms with E-state index in [2.05, 4.69) is 22.6 Å². The van der Waals surface area contributed by atoms with Gasteiger partial charge in [0, 0.05) is 37.4 Å². The third-order valence-corrected chi connectivity index (χ3v) is 5.07. The maximum Gasteiger partial charge on any atom is 0.225 e. The second kappa shape index (κ2) is 6.13. The summed E-state index contributed by atoms with van der Waals surface area (Å²) in [4.78, 5) is 30.3. The molecule has 21 heavy (non-hydrogen) atoms. The fourth-order valence-electron chi connectivity index (χ4n) is 2.71. The molecule has 1 unspecified atom stereocenters. The molecule has 5 nitrogen and oxygen atoms in total. The van der Waals surface area contributed by atoms with Crippen LogP contribution in [0, 0.1) is 5.92 Å². The predicted molar refractivity (Wildman–Crippen MR) is 81.0 cm³/mol. The summed E-state index contributed by atoms with van der Waals surface area (Å²) in [5.41, 5.74) is 1.11. The van der Waals surface area contributed by atoms with E-state index in [0.717, 1.165) is 36.4 Å². The Morgan fingerprint density at radius 2 is 2.33 bits per heavy atom. The molecule has 1 atom stereocenters. The average Bonchev–Trinajstić information content (AvgIpc) is 3.08. The summed E-state index contributed by atoms with van der Waals surface area (Å²) in [6, 6.07) is 0.415. The van der Waals surface area contributed by atoms with Gasteiger partial charge in [0.25, 0.3) is 0 Å². The van der Waals surface area contributed by atoms with E-state index >= 15 is 0 Å². The van der Waals surface area contributed by atoms with Crippen molar-refractivity contribution in [3.63, 3.8) is 0 Å². The minimum atomic E-state index is -0.166. The normalized spacial score (nSPS) is 21.9. The van der Waals surface area contributed by atoms with Gasteiger partial charge in [-0.2, -0.15) is 0 Å². The molecule has 1 aromatic heterocycles. The van der Waals surface area contributed by atoms with Crippen molar-refractivity contribution in [1.29, 1.82) is 0 Å². The minimum Gasteiger partial charge on any atom is -0.355 e. The van der Waals surface area contributed by atoms with Crippen LogP contribution in [0.25, 0.3) is 0 Å². The van der Waals surface area contributed by atoms with Crippen molar-refractivity contribution in [3.8, 4) is 0 Å². The van der Waals surface area contributed by atoms with Crippen LogP contribution in [0.5, 0.6) is 0 Å². The molecule has 3 rings (SSSR count). The molecule has 2 amide bonds. The maximum absolute atomic E-state index is 12.1. The second-order valence-electron chi connectivity index (χ2n) is 5.81. The molecule has 1 saturated heterocycles. The monoisotopic (exact) mass is 307 g/mol. The average molecular weight is 307 g/mol. The molecule has 0 bridgehead atoms. The molecule has 6 heteroatoms. The van der Waals surface area contributed by atoms with Crippen molar-refractivity contribution in [2.24, 2.45) is 5.92 Å². The Hall–Kier alpha value is -1.43. The van der Waals surface area contributed by atoms with Gasteiger partial charge in [-0.3, -0.25) is 9.59 Å². The van der Waals surface area contributed by atoms with E-state index in [0.29, 0.717) is 25.6 Å². The van der Waals surface area contributed by atoms with E-state index in [1.165, 1.54) is 0 Å². The van der Waals surface area contributed by atoms with Gasteiger partial charge in [0.15, 0.2) is 0 Å². The third kappa shape index (κ3) is 3.43. The van der Waals surface area contributed by atoms with E-state index < -0.39 is 0 Å². The second-order valence-corrected chi connectivity index (χ2v) is 6.75. The molecule has 2 fully saturated rings. The highest BCUT2D eigenvalue weighted by Gasteiger charge is 2.41. The number of carbonyl (C=O) groups is 2. The fourth-order valence-corrected chi connectivity index (χ4v) is 3.59. The van der Waals surface area contributed by atoms with Crippen LogP contribution >= 0.6 is 11.3 Å². The first kappa shape index (κ1) is 14.5. The number of aromatic nitrogens is 1. The summed E-state index contributed by atoms with van der Waals surface area (Å²) in [5.74, 6) is -0.00969. The van der Waals surface area contributed by atoms with E-state index in [-0.39, 0.29) is 17.7 Å². The molecular weight excluding hydrogens is 286 g/mol. The molecule has 0 spiro atoms. The summed E-state index contributed by atoms with van der Waals surface area (Å²) in [5, 5.41) is 6.08. The van der Waals surface area contributed by atoms with E-state index in [1.807, 2.05) is 4.90 Å². The van der Waals surface area contributed by atoms with Crippen molar-refractivity contribution in [3.05, 3.63) is 16.1 Å². The van der Waals surface area contributed by atoms with Crippen LogP contribution in [0.1, 0.15) is 36.9 Å². The molecule has 0 radical (unpaired) electrons. The fraction of sp³-hybridized carbons (Fsp3) is 0.667. The van der Waals surface area contributed by atoms with Crippen molar-refractivity contribution < 1.29 is 9.59 Å². The van der Waals surface area contributed by atoms with Crippen molar-refractivity contribution >= 4 is 23.2 Å². The van der Waals surface area contributed by atoms with Gasteiger partial charge >= 0.3 is 0 Å². The third-order valence-electron chi connectivity index (χ3n) is 4.12. The summed E-state index contributed by atoms with van der Waals surface area (Å²) in [6.07, 6.45) is 4.29. The summed E-state index contributed by atoms with van der Waals surface area (Å²) < 4.78 is 0. The van der Waals surface area contributed by atoms with E-state index in [1.54, 1.807) is 11.3 Å². The highest BCUT2D eigenvalue weighted by Crippen LogP contribution is 2.32. The first-order valence-corrected chi connectivity index (χ1v) is 8.55. The Labute approximate surface area is 128 Å². The zero-order chi connectivity index (χ0) is 14.8. The van der Waals surface area contributed by atoms with Crippen LogP contribution < -0.4 is 5.32 Å². The lowest BCUT2D eigenvalue weighted by Gasteiger charge is -2.15. The molecule has 2 aliphatic rings. The highest BCUT2D eigenvalue weighted by atomic mass is 32.1. The van der Waals surface area contributed by atoms with Crippen LogP contribution in [0.4, 0.5) is 0 Å². The van der Waals surface area contributed by atoms with Crippen LogP contribution in [0.3, 0.4) is 0 Å². The number of likely N-dealkylation sites (tertiary alicyclic amines) is 1. The molecule has 1 N–H and O–H groups in total. The number of nitrogens with one attached hydrogen (secondary N) is 1. The van der Waals surface area contributed by atoms with Crippen LogP contribution in [0.2, 0.25) is 0 Å². The topological polar surface area (TPSA) is 62.3 Å². The zero-order valence-corrected chi connectivity index (χ0v) is 13.1. The number of amides is 2. The molecule has 1 aromatic rings. The largest absolute Gasteiger partial charge is 0.355 e. The number of carbonyl (C=O) groups excluding carboxylic acids is 2. The first-order valence-electron chi connectivity index (χ1n) is 7.67.